The van der Waals surface area contributed by atoms with Crippen LogP contribution in [-0.2, 0) is 0 Å². The predicted octanol–water partition coefficient (Wildman–Crippen LogP) is 1.01. The summed E-state index contributed by atoms with van der Waals surface area (Å²) in [6, 6.07) is 21.0. The molecule has 0 amide bonds. The molecular formula is C13H14BN-. The first-order chi connectivity index (χ1) is 7.42. The lowest BCUT2D eigenvalue weighted by Crippen LogP contribution is -2.52. The molecule has 0 fully saturated rings. The zero-order valence-corrected chi connectivity index (χ0v) is 8.85. The SMILES string of the molecule is CN[B-](c1ccccc1)c1ccccc1. The van der Waals surface area contributed by atoms with Crippen molar-refractivity contribution in [2.24, 2.45) is 0 Å². The number of hydrogen-bond donors (Lipinski definition) is 1. The van der Waals surface area contributed by atoms with E-state index in [1.807, 2.05) is 19.2 Å². The van der Waals surface area contributed by atoms with Crippen LogP contribution in [0.15, 0.2) is 60.7 Å². The number of hydrogen-bond acceptors (Lipinski definition) is 1. The second kappa shape index (κ2) is 4.81. The van der Waals surface area contributed by atoms with Crippen LogP contribution in [0.2, 0.25) is 0 Å². The highest BCUT2D eigenvalue weighted by molar-refractivity contribution is 6.83. The molecule has 1 radical (unpaired) electrons. The lowest BCUT2D eigenvalue weighted by atomic mass is 9.51. The van der Waals surface area contributed by atoms with Crippen molar-refractivity contribution in [2.75, 3.05) is 7.05 Å². The van der Waals surface area contributed by atoms with Crippen molar-refractivity contribution in [1.82, 2.24) is 5.23 Å². The third kappa shape index (κ3) is 2.28. The van der Waals surface area contributed by atoms with Gasteiger partial charge in [-0.1, -0.05) is 67.7 Å². The minimum Gasteiger partial charge on any atom is -0.510 e. The van der Waals surface area contributed by atoms with Crippen LogP contribution in [0, 0.1) is 0 Å². The largest absolute Gasteiger partial charge is 0.510 e. The Morgan fingerprint density at radius 3 is 1.47 bits per heavy atom. The fourth-order valence-electron chi connectivity index (χ4n) is 1.82. The summed E-state index contributed by atoms with van der Waals surface area (Å²) in [6.07, 6.45) is 0. The van der Waals surface area contributed by atoms with E-state index in [9.17, 15) is 0 Å². The number of nitrogens with one attached hydrogen (secondary N) is 1. The van der Waals surface area contributed by atoms with E-state index in [1.165, 1.54) is 10.9 Å². The molecule has 2 aromatic carbocycles. The Bertz CT molecular complexity index is 360. The molecule has 75 valence electrons. The molecule has 2 rings (SSSR count). The summed E-state index contributed by atoms with van der Waals surface area (Å²) in [5.74, 6) is 0. The maximum Gasteiger partial charge on any atom is 0.000960 e. The minimum absolute atomic E-state index is 0.285. The van der Waals surface area contributed by atoms with Gasteiger partial charge < -0.3 is 5.23 Å². The fourth-order valence-corrected chi connectivity index (χ4v) is 1.82. The van der Waals surface area contributed by atoms with Crippen LogP contribution in [-0.4, -0.2) is 13.9 Å². The van der Waals surface area contributed by atoms with Gasteiger partial charge in [-0.15, -0.1) is 0 Å². The summed E-state index contributed by atoms with van der Waals surface area (Å²) in [4.78, 5) is 0. The maximum absolute atomic E-state index is 3.33. The minimum atomic E-state index is 0.285. The molecule has 0 aliphatic rings. The quantitative estimate of drug-likeness (QED) is 0.720. The lowest BCUT2D eigenvalue weighted by molar-refractivity contribution is 1.23. The van der Waals surface area contributed by atoms with Crippen molar-refractivity contribution in [3.05, 3.63) is 60.7 Å². The van der Waals surface area contributed by atoms with Gasteiger partial charge in [-0.25, -0.2) is 10.9 Å². The molecule has 2 aromatic rings. The predicted molar refractivity (Wildman–Crippen MR) is 67.0 cm³/mol. The van der Waals surface area contributed by atoms with Gasteiger partial charge in [-0.2, -0.15) is 0 Å². The second-order valence-electron chi connectivity index (χ2n) is 3.54. The van der Waals surface area contributed by atoms with Crippen LogP contribution >= 0.6 is 0 Å². The van der Waals surface area contributed by atoms with Crippen molar-refractivity contribution in [2.45, 2.75) is 0 Å². The van der Waals surface area contributed by atoms with Gasteiger partial charge >= 0.3 is 0 Å². The van der Waals surface area contributed by atoms with E-state index in [1.54, 1.807) is 0 Å². The zero-order valence-electron chi connectivity index (χ0n) is 8.85. The van der Waals surface area contributed by atoms with E-state index in [0.717, 1.165) is 0 Å². The standard InChI is InChI=1S/C13H14BN/c1-15-14(12-8-4-2-5-9-12)13-10-6-3-7-11-13/h2-11,15H,1H3/q-1. The van der Waals surface area contributed by atoms with Crippen LogP contribution < -0.4 is 16.2 Å². The van der Waals surface area contributed by atoms with Crippen LogP contribution in [0.1, 0.15) is 0 Å². The molecule has 15 heavy (non-hydrogen) atoms. The van der Waals surface area contributed by atoms with Gasteiger partial charge in [-0.05, 0) is 0 Å². The topological polar surface area (TPSA) is 12.0 Å². The first-order valence-corrected chi connectivity index (χ1v) is 5.19. The molecule has 0 unspecified atom stereocenters. The third-order valence-corrected chi connectivity index (χ3v) is 2.55. The van der Waals surface area contributed by atoms with E-state index in [-0.39, 0.29) is 6.85 Å². The molecule has 0 aliphatic heterocycles. The lowest BCUT2D eigenvalue weighted by Gasteiger charge is -2.28. The van der Waals surface area contributed by atoms with Gasteiger partial charge in [0.1, 0.15) is 0 Å². The molecule has 0 saturated carbocycles. The van der Waals surface area contributed by atoms with Gasteiger partial charge in [0.25, 0.3) is 0 Å². The Kier molecular flexibility index (Phi) is 3.20. The smallest absolute Gasteiger partial charge is 0.000960 e. The van der Waals surface area contributed by atoms with Crippen LogP contribution in [0.3, 0.4) is 0 Å². The zero-order chi connectivity index (χ0) is 10.5. The first-order valence-electron chi connectivity index (χ1n) is 5.19. The summed E-state index contributed by atoms with van der Waals surface area (Å²) in [5.41, 5.74) is 2.59. The van der Waals surface area contributed by atoms with E-state index < -0.39 is 0 Å². The van der Waals surface area contributed by atoms with Gasteiger partial charge in [0.15, 0.2) is 0 Å². The highest BCUT2D eigenvalue weighted by Crippen LogP contribution is 1.89. The molecule has 0 heterocycles. The molecule has 0 spiro atoms. The third-order valence-electron chi connectivity index (χ3n) is 2.55. The van der Waals surface area contributed by atoms with E-state index >= 15 is 0 Å². The summed E-state index contributed by atoms with van der Waals surface area (Å²) < 4.78 is 0. The van der Waals surface area contributed by atoms with Crippen LogP contribution in [0.5, 0.6) is 0 Å². The van der Waals surface area contributed by atoms with Crippen LogP contribution in [0.25, 0.3) is 0 Å². The van der Waals surface area contributed by atoms with Crippen molar-refractivity contribution in [3.63, 3.8) is 0 Å². The average Bonchev–Trinajstić information content (AvgIpc) is 2.33. The molecule has 0 aromatic heterocycles. The molecule has 0 saturated heterocycles. The van der Waals surface area contributed by atoms with E-state index in [2.05, 4.69) is 53.8 Å². The molecule has 1 nitrogen and oxygen atoms in total. The second-order valence-corrected chi connectivity index (χ2v) is 3.54. The Hall–Kier alpha value is -1.54. The Morgan fingerprint density at radius 1 is 0.733 bits per heavy atom. The molecule has 0 atom stereocenters. The summed E-state index contributed by atoms with van der Waals surface area (Å²) in [7, 11) is 1.99. The van der Waals surface area contributed by atoms with Crippen molar-refractivity contribution in [1.29, 1.82) is 0 Å². The Labute approximate surface area is 91.2 Å². The fraction of sp³-hybridized carbons (Fsp3) is 0.0769. The van der Waals surface area contributed by atoms with Gasteiger partial charge in [-0.3, -0.25) is 0 Å². The summed E-state index contributed by atoms with van der Waals surface area (Å²) in [5, 5.41) is 3.33. The molecule has 1 N–H and O–H groups in total. The van der Waals surface area contributed by atoms with Gasteiger partial charge in [0.05, 0.1) is 0 Å². The normalized spacial score (nSPS) is 10.5. The molecule has 0 aliphatic carbocycles. The maximum atomic E-state index is 3.33. The highest BCUT2D eigenvalue weighted by atomic mass is 14.7. The Balaban J connectivity index is 2.34. The van der Waals surface area contributed by atoms with Crippen molar-refractivity contribution in [3.8, 4) is 0 Å². The highest BCUT2D eigenvalue weighted by Gasteiger charge is 1.98. The van der Waals surface area contributed by atoms with Gasteiger partial charge in [0.2, 0.25) is 0 Å². The van der Waals surface area contributed by atoms with E-state index in [0.29, 0.717) is 0 Å². The first kappa shape index (κ1) is 10.00. The monoisotopic (exact) mass is 195 g/mol. The average molecular weight is 195 g/mol. The molecular weight excluding hydrogens is 181 g/mol. The van der Waals surface area contributed by atoms with Crippen LogP contribution in [0.4, 0.5) is 0 Å². The molecule has 2 heteroatoms. The van der Waals surface area contributed by atoms with Gasteiger partial charge in [0, 0.05) is 6.85 Å². The van der Waals surface area contributed by atoms with Crippen molar-refractivity contribution >= 4 is 17.8 Å². The number of rotatable bonds is 3. The molecule has 0 bridgehead atoms. The number of benzene rings is 2. The van der Waals surface area contributed by atoms with E-state index in [4.69, 9.17) is 0 Å². The van der Waals surface area contributed by atoms with Crippen molar-refractivity contribution < 1.29 is 0 Å². The summed E-state index contributed by atoms with van der Waals surface area (Å²) >= 11 is 0. The summed E-state index contributed by atoms with van der Waals surface area (Å²) in [6.45, 7) is 0.285. The Morgan fingerprint density at radius 2 is 1.13 bits per heavy atom.